The average molecular weight is 286 g/mol. The van der Waals surface area contributed by atoms with Gasteiger partial charge in [-0.3, -0.25) is 4.79 Å². The predicted octanol–water partition coefficient (Wildman–Crippen LogP) is 1.80. The van der Waals surface area contributed by atoms with Gasteiger partial charge in [-0.25, -0.2) is 0 Å². The van der Waals surface area contributed by atoms with Gasteiger partial charge in [0.1, 0.15) is 0 Å². The van der Waals surface area contributed by atoms with Crippen molar-refractivity contribution in [3.8, 4) is 0 Å². The van der Waals surface area contributed by atoms with Crippen molar-refractivity contribution in [1.82, 2.24) is 5.32 Å². The summed E-state index contributed by atoms with van der Waals surface area (Å²) in [5, 5.41) is 3.03. The lowest BCUT2D eigenvalue weighted by Gasteiger charge is -2.04. The maximum atomic E-state index is 11.6. The summed E-state index contributed by atoms with van der Waals surface area (Å²) in [5.41, 5.74) is 1.04. The van der Waals surface area contributed by atoms with E-state index in [1.807, 2.05) is 24.3 Å². The highest BCUT2D eigenvalue weighted by atomic mass is 79.9. The van der Waals surface area contributed by atoms with E-state index in [2.05, 4.69) is 21.2 Å². The molecule has 0 saturated carbocycles. The molecule has 0 saturated heterocycles. The van der Waals surface area contributed by atoms with Gasteiger partial charge in [0.2, 0.25) is 0 Å². The molecule has 0 amide bonds. The minimum absolute atomic E-state index is 0.189. The molecule has 1 aromatic carbocycles. The zero-order chi connectivity index (χ0) is 11.8. The number of benzene rings is 1. The maximum absolute atomic E-state index is 11.6. The zero-order valence-electron chi connectivity index (χ0n) is 9.33. The van der Waals surface area contributed by atoms with Crippen LogP contribution in [0.5, 0.6) is 0 Å². The number of hydrogen-bond donors (Lipinski definition) is 1. The largest absolute Gasteiger partial charge is 0.383 e. The fraction of sp³-hybridized carbons (Fsp3) is 0.417. The highest BCUT2D eigenvalue weighted by molar-refractivity contribution is 9.10. The van der Waals surface area contributed by atoms with Crippen LogP contribution in [0.15, 0.2) is 28.7 Å². The summed E-state index contributed by atoms with van der Waals surface area (Å²) in [6.07, 6.45) is 0.472. The first-order valence-corrected chi connectivity index (χ1v) is 5.97. The minimum Gasteiger partial charge on any atom is -0.383 e. The maximum Gasteiger partial charge on any atom is 0.150 e. The predicted molar refractivity (Wildman–Crippen MR) is 67.6 cm³/mol. The lowest BCUT2D eigenvalue weighted by atomic mass is 10.1. The first-order chi connectivity index (χ1) is 7.72. The van der Waals surface area contributed by atoms with Crippen LogP contribution in [0.1, 0.15) is 5.56 Å². The van der Waals surface area contributed by atoms with Gasteiger partial charge in [-0.15, -0.1) is 0 Å². The van der Waals surface area contributed by atoms with Crippen molar-refractivity contribution in [3.63, 3.8) is 0 Å². The molecule has 3 nitrogen and oxygen atoms in total. The van der Waals surface area contributed by atoms with Gasteiger partial charge in [-0.05, 0) is 17.7 Å². The summed E-state index contributed by atoms with van der Waals surface area (Å²) in [6.45, 7) is 1.74. The summed E-state index contributed by atoms with van der Waals surface area (Å²) >= 11 is 3.38. The molecule has 0 unspecified atom stereocenters. The van der Waals surface area contributed by atoms with Gasteiger partial charge in [-0.2, -0.15) is 0 Å². The Morgan fingerprint density at radius 1 is 1.50 bits per heavy atom. The second-order valence-electron chi connectivity index (χ2n) is 3.51. The molecule has 0 radical (unpaired) electrons. The van der Waals surface area contributed by atoms with Crippen molar-refractivity contribution in [3.05, 3.63) is 34.3 Å². The molecule has 16 heavy (non-hydrogen) atoms. The van der Waals surface area contributed by atoms with Crippen LogP contribution in [-0.4, -0.2) is 32.6 Å². The number of methoxy groups -OCH3 is 1. The zero-order valence-corrected chi connectivity index (χ0v) is 10.9. The Kier molecular flexibility index (Phi) is 6.30. The van der Waals surface area contributed by atoms with Crippen LogP contribution in [0.3, 0.4) is 0 Å². The minimum atomic E-state index is 0.189. The van der Waals surface area contributed by atoms with Crippen molar-refractivity contribution >= 4 is 21.7 Å². The van der Waals surface area contributed by atoms with Gasteiger partial charge < -0.3 is 10.1 Å². The Balaban J connectivity index is 2.29. The number of ether oxygens (including phenoxy) is 1. The second-order valence-corrected chi connectivity index (χ2v) is 4.43. The van der Waals surface area contributed by atoms with E-state index in [9.17, 15) is 4.79 Å². The van der Waals surface area contributed by atoms with Crippen LogP contribution in [0.25, 0.3) is 0 Å². The molecule has 88 valence electrons. The number of rotatable bonds is 7. The number of nitrogens with one attached hydrogen (secondary N) is 1. The summed E-state index contributed by atoms with van der Waals surface area (Å²) in [6, 6.07) is 7.81. The SMILES string of the molecule is COCCNCC(=O)Cc1cccc(Br)c1. The molecule has 0 bridgehead atoms. The number of Topliss-reactive ketones (excluding diaryl/α,β-unsaturated/α-hetero) is 1. The lowest BCUT2D eigenvalue weighted by molar-refractivity contribution is -0.117. The molecule has 0 aliphatic heterocycles. The molecule has 0 aliphatic carbocycles. The quantitative estimate of drug-likeness (QED) is 0.777. The normalized spacial score (nSPS) is 10.4. The van der Waals surface area contributed by atoms with E-state index < -0.39 is 0 Å². The van der Waals surface area contributed by atoms with Gasteiger partial charge in [-0.1, -0.05) is 28.1 Å². The van der Waals surface area contributed by atoms with Crippen molar-refractivity contribution in [2.45, 2.75) is 6.42 Å². The Labute approximate surface area is 104 Å². The molecule has 1 aromatic rings. The molecule has 0 fully saturated rings. The topological polar surface area (TPSA) is 38.3 Å². The van der Waals surface area contributed by atoms with Crippen LogP contribution in [0, 0.1) is 0 Å². The van der Waals surface area contributed by atoms with Gasteiger partial charge in [0.05, 0.1) is 13.2 Å². The number of ketones is 1. The standard InChI is InChI=1S/C12H16BrNO2/c1-16-6-5-14-9-12(15)8-10-3-2-4-11(13)7-10/h2-4,7,14H,5-6,8-9H2,1H3. The van der Waals surface area contributed by atoms with Crippen molar-refractivity contribution < 1.29 is 9.53 Å². The van der Waals surface area contributed by atoms with E-state index in [0.29, 0.717) is 26.1 Å². The first-order valence-electron chi connectivity index (χ1n) is 5.18. The molecular weight excluding hydrogens is 270 g/mol. The van der Waals surface area contributed by atoms with E-state index in [0.717, 1.165) is 10.0 Å². The van der Waals surface area contributed by atoms with Crippen LogP contribution in [0.4, 0.5) is 0 Å². The summed E-state index contributed by atoms with van der Waals surface area (Å²) in [7, 11) is 1.64. The number of hydrogen-bond acceptors (Lipinski definition) is 3. The third-order valence-electron chi connectivity index (χ3n) is 2.10. The molecule has 0 aromatic heterocycles. The summed E-state index contributed by atoms with van der Waals surface area (Å²) in [4.78, 5) is 11.6. The smallest absolute Gasteiger partial charge is 0.150 e. The fourth-order valence-corrected chi connectivity index (χ4v) is 1.79. The third-order valence-corrected chi connectivity index (χ3v) is 2.59. The average Bonchev–Trinajstić information content (AvgIpc) is 2.24. The highest BCUT2D eigenvalue weighted by Gasteiger charge is 2.03. The first kappa shape index (κ1) is 13.4. The molecule has 0 atom stereocenters. The van der Waals surface area contributed by atoms with Crippen LogP contribution in [0.2, 0.25) is 0 Å². The molecule has 1 rings (SSSR count). The number of carbonyl (C=O) groups is 1. The molecule has 0 aliphatic rings. The number of carbonyl (C=O) groups excluding carboxylic acids is 1. The van der Waals surface area contributed by atoms with Crippen molar-refractivity contribution in [2.24, 2.45) is 0 Å². The van der Waals surface area contributed by atoms with Gasteiger partial charge >= 0.3 is 0 Å². The van der Waals surface area contributed by atoms with Crippen LogP contribution in [-0.2, 0) is 16.0 Å². The molecule has 0 heterocycles. The van der Waals surface area contributed by atoms with E-state index in [1.54, 1.807) is 7.11 Å². The Morgan fingerprint density at radius 3 is 3.00 bits per heavy atom. The van der Waals surface area contributed by atoms with E-state index >= 15 is 0 Å². The Hall–Kier alpha value is -0.710. The van der Waals surface area contributed by atoms with E-state index in [4.69, 9.17) is 4.74 Å². The molecule has 4 heteroatoms. The molecule has 1 N–H and O–H groups in total. The second kappa shape index (κ2) is 7.54. The van der Waals surface area contributed by atoms with E-state index in [-0.39, 0.29) is 5.78 Å². The summed E-state index contributed by atoms with van der Waals surface area (Å²) in [5.74, 6) is 0.189. The van der Waals surface area contributed by atoms with Crippen LogP contribution >= 0.6 is 15.9 Å². The number of halogens is 1. The van der Waals surface area contributed by atoms with Gasteiger partial charge in [0.15, 0.2) is 5.78 Å². The Bertz CT molecular complexity index is 342. The van der Waals surface area contributed by atoms with Gasteiger partial charge in [0.25, 0.3) is 0 Å². The fourth-order valence-electron chi connectivity index (χ4n) is 1.34. The van der Waals surface area contributed by atoms with Gasteiger partial charge in [0, 0.05) is 24.5 Å². The van der Waals surface area contributed by atoms with E-state index in [1.165, 1.54) is 0 Å². The van der Waals surface area contributed by atoms with Crippen molar-refractivity contribution in [2.75, 3.05) is 26.8 Å². The summed E-state index contributed by atoms with van der Waals surface area (Å²) < 4.78 is 5.88. The van der Waals surface area contributed by atoms with Crippen molar-refractivity contribution in [1.29, 1.82) is 0 Å². The Morgan fingerprint density at radius 2 is 2.31 bits per heavy atom. The lowest BCUT2D eigenvalue weighted by Crippen LogP contribution is -2.27. The highest BCUT2D eigenvalue weighted by Crippen LogP contribution is 2.11. The third kappa shape index (κ3) is 5.39. The van der Waals surface area contributed by atoms with Crippen LogP contribution < -0.4 is 5.32 Å². The molecular formula is C12H16BrNO2. The molecule has 0 spiro atoms. The monoisotopic (exact) mass is 285 g/mol.